The summed E-state index contributed by atoms with van der Waals surface area (Å²) < 4.78 is 38.1. The van der Waals surface area contributed by atoms with Crippen molar-refractivity contribution in [2.75, 3.05) is 25.0 Å². The summed E-state index contributed by atoms with van der Waals surface area (Å²) in [4.78, 5) is 34.1. The molecular formula is C11H20N4O10P2. The minimum absolute atomic E-state index is 0.0616. The van der Waals surface area contributed by atoms with Crippen LogP contribution in [0.4, 0.5) is 5.82 Å². The number of phosphoric ester groups is 1. The van der Waals surface area contributed by atoms with E-state index < -0.39 is 58.4 Å². The number of anilines is 1. The van der Waals surface area contributed by atoms with Gasteiger partial charge in [0.05, 0.1) is 12.8 Å². The molecular weight excluding hydrogens is 410 g/mol. The van der Waals surface area contributed by atoms with Gasteiger partial charge in [-0.05, 0) is 6.07 Å². The predicted molar refractivity (Wildman–Crippen MR) is 89.4 cm³/mol. The third-order valence-electron chi connectivity index (χ3n) is 3.51. The lowest BCUT2D eigenvalue weighted by Crippen LogP contribution is -2.36. The Morgan fingerprint density at radius 3 is 2.56 bits per heavy atom. The van der Waals surface area contributed by atoms with E-state index in [0.29, 0.717) is 0 Å². The molecule has 8 N–H and O–H groups in total. The third-order valence-corrected chi connectivity index (χ3v) is 6.65. The molecule has 2 rings (SSSR count). The van der Waals surface area contributed by atoms with Gasteiger partial charge in [-0.3, -0.25) is 13.7 Å². The molecule has 1 aromatic heterocycles. The number of hydrogen-bond donors (Lipinski definition) is 6. The molecule has 0 amide bonds. The largest absolute Gasteiger partial charge is 0.479 e. The first kappa shape index (κ1) is 22.1. The Bertz CT molecular complexity index is 819. The summed E-state index contributed by atoms with van der Waals surface area (Å²) in [6.07, 6.45) is -5.31. The van der Waals surface area contributed by atoms with Gasteiger partial charge in [0.2, 0.25) is 0 Å². The lowest BCUT2D eigenvalue weighted by atomic mass is 10.1. The van der Waals surface area contributed by atoms with E-state index in [2.05, 4.69) is 13.8 Å². The Hall–Kier alpha value is -1.18. The Morgan fingerprint density at radius 1 is 1.30 bits per heavy atom. The number of aliphatic hydroxyl groups excluding tert-OH is 2. The van der Waals surface area contributed by atoms with E-state index in [1.54, 1.807) is 0 Å². The van der Waals surface area contributed by atoms with E-state index >= 15 is 0 Å². The number of rotatable bonds is 8. The number of hydrogen-bond acceptors (Lipinski definition) is 11. The van der Waals surface area contributed by atoms with Crippen molar-refractivity contribution in [3.05, 3.63) is 22.7 Å². The van der Waals surface area contributed by atoms with Gasteiger partial charge in [0.15, 0.2) is 6.23 Å². The van der Waals surface area contributed by atoms with E-state index in [4.69, 9.17) is 16.2 Å². The van der Waals surface area contributed by atoms with Crippen LogP contribution in [0.3, 0.4) is 0 Å². The van der Waals surface area contributed by atoms with Gasteiger partial charge in [0, 0.05) is 12.7 Å². The number of ether oxygens (including phenoxy) is 1. The second kappa shape index (κ2) is 8.45. The van der Waals surface area contributed by atoms with Crippen molar-refractivity contribution in [1.82, 2.24) is 9.55 Å². The van der Waals surface area contributed by atoms with Crippen molar-refractivity contribution in [3.63, 3.8) is 0 Å². The zero-order chi connectivity index (χ0) is 20.4. The number of aromatic nitrogens is 2. The average Bonchev–Trinajstić information content (AvgIpc) is 2.80. The highest BCUT2D eigenvalue weighted by Crippen LogP contribution is 2.59. The van der Waals surface area contributed by atoms with Gasteiger partial charge in [-0.2, -0.15) is 4.98 Å². The molecule has 0 saturated carbocycles. The van der Waals surface area contributed by atoms with E-state index in [1.807, 2.05) is 0 Å². The first-order valence-corrected chi connectivity index (χ1v) is 10.8. The quantitative estimate of drug-likeness (QED) is 0.239. The second-order valence-corrected chi connectivity index (χ2v) is 9.15. The minimum Gasteiger partial charge on any atom is -0.387 e. The van der Waals surface area contributed by atoms with Crippen LogP contribution in [0.1, 0.15) is 6.23 Å². The molecule has 6 atom stereocenters. The van der Waals surface area contributed by atoms with Gasteiger partial charge in [-0.1, -0.05) is 0 Å². The highest BCUT2D eigenvalue weighted by molar-refractivity contribution is 7.64. The maximum atomic E-state index is 11.8. The highest BCUT2D eigenvalue weighted by atomic mass is 31.3. The molecule has 1 aliphatic heterocycles. The minimum atomic E-state index is -4.99. The van der Waals surface area contributed by atoms with Crippen molar-refractivity contribution in [2.45, 2.75) is 24.5 Å². The van der Waals surface area contributed by atoms with Crippen molar-refractivity contribution >= 4 is 21.2 Å². The van der Waals surface area contributed by atoms with Gasteiger partial charge in [0.25, 0.3) is 0 Å². The summed E-state index contributed by atoms with van der Waals surface area (Å²) in [6, 6.07) is 1.26. The van der Waals surface area contributed by atoms with Gasteiger partial charge in [0.1, 0.15) is 24.1 Å². The van der Waals surface area contributed by atoms with Crippen LogP contribution in [0, 0.1) is 0 Å². The monoisotopic (exact) mass is 430 g/mol. The van der Waals surface area contributed by atoms with E-state index in [9.17, 15) is 33.9 Å². The number of nitrogens with two attached hydrogens (primary N) is 2. The highest BCUT2D eigenvalue weighted by Gasteiger charge is 2.45. The Kier molecular flexibility index (Phi) is 6.92. The summed E-state index contributed by atoms with van der Waals surface area (Å²) in [6.45, 7) is -1.06. The summed E-state index contributed by atoms with van der Waals surface area (Å²) in [7, 11) is -9.44. The number of aliphatic hydroxyl groups is 2. The summed E-state index contributed by atoms with van der Waals surface area (Å²) in [5.74, 6) is -0.0616. The molecule has 1 aromatic rings. The fourth-order valence-electron chi connectivity index (χ4n) is 2.27. The molecule has 1 fully saturated rings. The van der Waals surface area contributed by atoms with Gasteiger partial charge in [-0.15, -0.1) is 0 Å². The van der Waals surface area contributed by atoms with Crippen LogP contribution in [0.5, 0.6) is 0 Å². The van der Waals surface area contributed by atoms with Crippen molar-refractivity contribution in [3.8, 4) is 0 Å². The van der Waals surface area contributed by atoms with Crippen LogP contribution >= 0.6 is 15.4 Å². The second-order valence-electron chi connectivity index (χ2n) is 5.58. The maximum absolute atomic E-state index is 11.8. The molecule has 0 aromatic carbocycles. The molecule has 0 aliphatic carbocycles. The van der Waals surface area contributed by atoms with Crippen LogP contribution in [-0.2, 0) is 22.7 Å². The molecule has 16 heteroatoms. The molecule has 2 unspecified atom stereocenters. The Morgan fingerprint density at radius 2 is 1.96 bits per heavy atom. The molecule has 1 saturated heterocycles. The molecule has 14 nitrogen and oxygen atoms in total. The van der Waals surface area contributed by atoms with E-state index in [-0.39, 0.29) is 12.4 Å². The molecule has 154 valence electrons. The Labute approximate surface area is 152 Å². The number of nitrogen functional groups attached to an aromatic ring is 1. The normalized spacial score (nSPS) is 30.0. The van der Waals surface area contributed by atoms with Crippen LogP contribution < -0.4 is 17.2 Å². The third kappa shape index (κ3) is 5.65. The fourth-order valence-corrected chi connectivity index (χ4v) is 4.74. The predicted octanol–water partition coefficient (Wildman–Crippen LogP) is -2.28. The average molecular weight is 430 g/mol. The van der Waals surface area contributed by atoms with Crippen molar-refractivity contribution in [2.24, 2.45) is 5.73 Å². The first-order chi connectivity index (χ1) is 12.5. The molecule has 0 radical (unpaired) electrons. The first-order valence-electron chi connectivity index (χ1n) is 7.52. The smallest absolute Gasteiger partial charge is 0.387 e. The zero-order valence-electron chi connectivity index (χ0n) is 13.8. The Balaban J connectivity index is 2.04. The maximum Gasteiger partial charge on any atom is 0.479 e. The van der Waals surface area contributed by atoms with Crippen LogP contribution in [0.15, 0.2) is 17.1 Å². The molecule has 27 heavy (non-hydrogen) atoms. The van der Waals surface area contributed by atoms with E-state index in [1.165, 1.54) is 12.3 Å². The molecule has 0 bridgehead atoms. The van der Waals surface area contributed by atoms with Crippen LogP contribution in [0.2, 0.25) is 0 Å². The number of nitrogens with zero attached hydrogens (tertiary/aromatic N) is 2. The summed E-state index contributed by atoms with van der Waals surface area (Å²) in [5.41, 5.74) is 9.59. The fraction of sp³-hybridized carbons (Fsp3) is 0.636. The van der Waals surface area contributed by atoms with Gasteiger partial charge >= 0.3 is 21.1 Å². The summed E-state index contributed by atoms with van der Waals surface area (Å²) >= 11 is 0. The van der Waals surface area contributed by atoms with Crippen LogP contribution in [-0.4, -0.2) is 67.2 Å². The number of phosphoric acid groups is 1. The van der Waals surface area contributed by atoms with E-state index in [0.717, 1.165) is 4.57 Å². The standard InChI is InChI=1S/C11H20N4O10P2/c12-2-4-26(19,20)25-27(21,22)23-5-6-8(16)9(17)10(24-6)15-3-1-7(13)14-11(15)18/h1,3,6,8-10,16-17H,2,4-5,12H2,(H,19,20)(H,21,22)(H2,13,14,18)/t6-,8-,9-,10-/m1/s1. The SMILES string of the molecule is NCCP(=O)(O)OP(=O)(O)OC[C@H]1O[C@@H](n2ccc(N)nc2=O)[C@H](O)[C@@H]1O. The van der Waals surface area contributed by atoms with Gasteiger partial charge in [-0.25, -0.2) is 13.7 Å². The lowest BCUT2D eigenvalue weighted by Gasteiger charge is -2.19. The molecule has 2 heterocycles. The summed E-state index contributed by atoms with van der Waals surface area (Å²) in [5, 5.41) is 20.1. The van der Waals surface area contributed by atoms with Crippen LogP contribution in [0.25, 0.3) is 0 Å². The molecule has 1 aliphatic rings. The van der Waals surface area contributed by atoms with Gasteiger partial charge < -0.3 is 36.2 Å². The zero-order valence-corrected chi connectivity index (χ0v) is 15.6. The van der Waals surface area contributed by atoms with Crippen molar-refractivity contribution in [1.29, 1.82) is 0 Å². The molecule has 0 spiro atoms. The topological polar surface area (TPSA) is 230 Å². The lowest BCUT2D eigenvalue weighted by molar-refractivity contribution is -0.0540. The van der Waals surface area contributed by atoms with Crippen molar-refractivity contribution < 1.29 is 42.7 Å².